The third-order valence-corrected chi connectivity index (χ3v) is 5.07. The molecule has 2 aliphatic rings. The van der Waals surface area contributed by atoms with E-state index in [1.807, 2.05) is 6.92 Å². The van der Waals surface area contributed by atoms with Gasteiger partial charge in [-0.3, -0.25) is 4.79 Å². The molecule has 1 fully saturated rings. The molecule has 1 N–H and O–H groups in total. The summed E-state index contributed by atoms with van der Waals surface area (Å²) >= 11 is 6.02. The number of hydrogen-bond donors (Lipinski definition) is 1. The number of carbonyl (C=O) groups is 1. The number of pyridine rings is 1. The van der Waals surface area contributed by atoms with Crippen LogP contribution in [0.25, 0.3) is 0 Å². The van der Waals surface area contributed by atoms with Crippen molar-refractivity contribution >= 4 is 23.2 Å². The number of aromatic nitrogens is 1. The molecule has 1 amide bonds. The number of hydrogen-bond acceptors (Lipinski definition) is 5. The largest absolute Gasteiger partial charge is 0.437 e. The number of alkyl halides is 3. The minimum Gasteiger partial charge on any atom is -0.371 e. The summed E-state index contributed by atoms with van der Waals surface area (Å²) in [5.74, 6) is -0.243. The van der Waals surface area contributed by atoms with E-state index in [0.29, 0.717) is 31.5 Å². The van der Waals surface area contributed by atoms with E-state index in [4.69, 9.17) is 11.6 Å². The number of nitrogens with one attached hydrogen (secondary N) is 1. The summed E-state index contributed by atoms with van der Waals surface area (Å²) in [6, 6.07) is 2.27. The van der Waals surface area contributed by atoms with Crippen molar-refractivity contribution in [2.45, 2.75) is 56.5 Å². The Balaban J connectivity index is 1.70. The van der Waals surface area contributed by atoms with Gasteiger partial charge in [-0.05, 0) is 31.4 Å². The Bertz CT molecular complexity index is 705. The number of rotatable bonds is 6. The molecule has 0 aliphatic carbocycles. The van der Waals surface area contributed by atoms with Crippen molar-refractivity contribution in [3.05, 3.63) is 23.5 Å². The van der Waals surface area contributed by atoms with Gasteiger partial charge in [0, 0.05) is 25.2 Å². The molecule has 1 aromatic heterocycles. The van der Waals surface area contributed by atoms with Gasteiger partial charge >= 0.3 is 6.18 Å². The predicted octanol–water partition coefficient (Wildman–Crippen LogP) is 4.03. The number of anilines is 1. The van der Waals surface area contributed by atoms with Crippen LogP contribution >= 0.6 is 11.6 Å². The van der Waals surface area contributed by atoms with Crippen molar-refractivity contribution in [2.75, 3.05) is 11.9 Å². The van der Waals surface area contributed by atoms with Gasteiger partial charge in [-0.15, -0.1) is 10.2 Å². The van der Waals surface area contributed by atoms with Crippen molar-refractivity contribution in [2.24, 2.45) is 10.2 Å². The highest BCUT2D eigenvalue weighted by molar-refractivity contribution is 6.32. The molecule has 0 saturated carbocycles. The molecule has 6 nitrogen and oxygen atoms in total. The van der Waals surface area contributed by atoms with E-state index in [2.05, 4.69) is 20.5 Å². The van der Waals surface area contributed by atoms with Crippen LogP contribution in [0.2, 0.25) is 5.15 Å². The normalized spacial score (nSPS) is 22.3. The van der Waals surface area contributed by atoms with Crippen LogP contribution in [0.15, 0.2) is 28.6 Å². The summed E-state index contributed by atoms with van der Waals surface area (Å²) < 4.78 is 39.3. The lowest BCUT2D eigenvalue weighted by atomic mass is 10.0. The van der Waals surface area contributed by atoms with E-state index in [-0.39, 0.29) is 17.5 Å². The minimum atomic E-state index is -4.52. The number of carbonyl (C=O) groups excluding carboxylic acids is 1. The molecule has 26 heavy (non-hydrogen) atoms. The van der Waals surface area contributed by atoms with Crippen molar-refractivity contribution in [3.63, 3.8) is 0 Å². The smallest absolute Gasteiger partial charge is 0.371 e. The van der Waals surface area contributed by atoms with Crippen molar-refractivity contribution in [1.29, 1.82) is 0 Å². The Kier molecular flexibility index (Phi) is 5.09. The highest BCUT2D eigenvalue weighted by Crippen LogP contribution is 2.49. The Morgan fingerprint density at radius 3 is 2.81 bits per heavy atom. The fourth-order valence-corrected chi connectivity index (χ4v) is 3.43. The topological polar surface area (TPSA) is 70.0 Å². The van der Waals surface area contributed by atoms with Crippen LogP contribution in [0.1, 0.15) is 32.6 Å². The molecule has 2 aliphatic heterocycles. The molecule has 0 bridgehead atoms. The van der Waals surface area contributed by atoms with Gasteiger partial charge in [-0.25, -0.2) is 4.98 Å². The average molecular weight is 390 g/mol. The first-order chi connectivity index (χ1) is 12.3. The van der Waals surface area contributed by atoms with Gasteiger partial charge in [0.15, 0.2) is 5.15 Å². The van der Waals surface area contributed by atoms with Gasteiger partial charge in [0.05, 0.1) is 5.69 Å². The summed E-state index contributed by atoms with van der Waals surface area (Å²) in [6.07, 6.45) is -1.66. The Morgan fingerprint density at radius 2 is 2.23 bits per heavy atom. The fraction of sp³-hybridized carbons (Fsp3) is 0.625. The predicted molar refractivity (Wildman–Crippen MR) is 89.9 cm³/mol. The van der Waals surface area contributed by atoms with E-state index >= 15 is 0 Å². The van der Waals surface area contributed by atoms with Gasteiger partial charge in [0.25, 0.3) is 5.66 Å². The third-order valence-electron chi connectivity index (χ3n) is 4.77. The van der Waals surface area contributed by atoms with E-state index in [9.17, 15) is 18.0 Å². The molecule has 1 saturated heterocycles. The molecule has 0 radical (unpaired) electrons. The Labute approximate surface area is 153 Å². The SMILES string of the molecule is CCC(Nc1cccnc1Cl)C(=O)N1CCCC1CC1(C(F)(F)F)N=N1. The summed E-state index contributed by atoms with van der Waals surface area (Å²) in [7, 11) is 0. The molecule has 1 aromatic rings. The maximum absolute atomic E-state index is 13.1. The van der Waals surface area contributed by atoms with Crippen LogP contribution in [0.5, 0.6) is 0 Å². The molecule has 10 heteroatoms. The van der Waals surface area contributed by atoms with E-state index < -0.39 is 23.9 Å². The lowest BCUT2D eigenvalue weighted by Crippen LogP contribution is -2.48. The maximum atomic E-state index is 13.1. The first kappa shape index (κ1) is 18.9. The van der Waals surface area contributed by atoms with Crippen molar-refractivity contribution < 1.29 is 18.0 Å². The van der Waals surface area contributed by atoms with E-state index in [0.717, 1.165) is 0 Å². The van der Waals surface area contributed by atoms with Crippen LogP contribution in [0, 0.1) is 0 Å². The zero-order chi connectivity index (χ0) is 18.9. The van der Waals surface area contributed by atoms with Gasteiger partial charge in [0.1, 0.15) is 6.04 Å². The molecule has 3 heterocycles. The zero-order valence-corrected chi connectivity index (χ0v) is 14.9. The zero-order valence-electron chi connectivity index (χ0n) is 14.1. The molecule has 3 rings (SSSR count). The minimum absolute atomic E-state index is 0.239. The standard InChI is InChI=1S/C16H19ClF3N5O/c1-2-11(22-12-6-3-7-21-13(12)17)14(26)25-8-4-5-10(25)9-15(23-24-15)16(18,19)20/h3,6-7,10-11,22H,2,4-5,8-9H2,1H3. The fourth-order valence-electron chi connectivity index (χ4n) is 3.26. The highest BCUT2D eigenvalue weighted by atomic mass is 35.5. The number of nitrogens with zero attached hydrogens (tertiary/aromatic N) is 4. The monoisotopic (exact) mass is 389 g/mol. The second-order valence-electron chi connectivity index (χ2n) is 6.49. The van der Waals surface area contributed by atoms with Crippen LogP contribution in [0.4, 0.5) is 18.9 Å². The van der Waals surface area contributed by atoms with Crippen molar-refractivity contribution in [3.8, 4) is 0 Å². The first-order valence-electron chi connectivity index (χ1n) is 8.46. The van der Waals surface area contributed by atoms with Crippen molar-refractivity contribution in [1.82, 2.24) is 9.88 Å². The molecule has 2 unspecified atom stereocenters. The number of halogens is 4. The summed E-state index contributed by atoms with van der Waals surface area (Å²) in [5.41, 5.74) is -1.81. The van der Waals surface area contributed by atoms with Crippen LogP contribution in [-0.4, -0.2) is 46.3 Å². The number of likely N-dealkylation sites (tertiary alicyclic amines) is 1. The molecular weight excluding hydrogens is 371 g/mol. The second kappa shape index (κ2) is 7.02. The third kappa shape index (κ3) is 3.62. The number of amides is 1. The average Bonchev–Trinajstić information content (AvgIpc) is 3.24. The Hall–Kier alpha value is -1.90. The molecule has 0 aromatic carbocycles. The van der Waals surface area contributed by atoms with E-state index in [1.165, 1.54) is 11.1 Å². The quantitative estimate of drug-likeness (QED) is 0.747. The summed E-state index contributed by atoms with van der Waals surface area (Å²) in [6.45, 7) is 2.25. The molecule has 2 atom stereocenters. The van der Waals surface area contributed by atoms with Crippen LogP contribution in [-0.2, 0) is 4.79 Å². The lowest BCUT2D eigenvalue weighted by Gasteiger charge is -2.30. The van der Waals surface area contributed by atoms with Gasteiger partial charge < -0.3 is 10.2 Å². The first-order valence-corrected chi connectivity index (χ1v) is 8.83. The van der Waals surface area contributed by atoms with Gasteiger partial charge in [-0.2, -0.15) is 13.2 Å². The molecule has 142 valence electrons. The second-order valence-corrected chi connectivity index (χ2v) is 6.85. The summed E-state index contributed by atoms with van der Waals surface area (Å²) in [4.78, 5) is 18.4. The summed E-state index contributed by atoms with van der Waals surface area (Å²) in [5, 5.41) is 9.74. The molecule has 0 spiro atoms. The lowest BCUT2D eigenvalue weighted by molar-refractivity contribution is -0.169. The maximum Gasteiger partial charge on any atom is 0.437 e. The van der Waals surface area contributed by atoms with E-state index in [1.54, 1.807) is 12.1 Å². The Morgan fingerprint density at radius 1 is 1.50 bits per heavy atom. The van der Waals surface area contributed by atoms with Gasteiger partial charge in [0.2, 0.25) is 5.91 Å². The highest BCUT2D eigenvalue weighted by Gasteiger charge is 2.65. The van der Waals surface area contributed by atoms with Crippen LogP contribution in [0.3, 0.4) is 0 Å². The molecular formula is C16H19ClF3N5O. The van der Waals surface area contributed by atoms with Gasteiger partial charge in [-0.1, -0.05) is 18.5 Å². The van der Waals surface area contributed by atoms with Crippen LogP contribution < -0.4 is 5.32 Å².